The molecular formula is C17H28N2O3. The van der Waals surface area contributed by atoms with Crippen molar-refractivity contribution in [2.24, 2.45) is 5.41 Å². The predicted octanol–water partition coefficient (Wildman–Crippen LogP) is 2.01. The molecule has 0 aromatic heterocycles. The Morgan fingerprint density at radius 3 is 2.09 bits per heavy atom. The van der Waals surface area contributed by atoms with Crippen LogP contribution in [0.15, 0.2) is 18.2 Å². The summed E-state index contributed by atoms with van der Waals surface area (Å²) in [4.78, 5) is 2.49. The Balaban J connectivity index is 1.92. The van der Waals surface area contributed by atoms with Gasteiger partial charge in [0.2, 0.25) is 0 Å². The van der Waals surface area contributed by atoms with Crippen molar-refractivity contribution in [3.8, 4) is 17.2 Å². The molecule has 124 valence electrons. The fourth-order valence-corrected chi connectivity index (χ4v) is 2.66. The molecule has 1 N–H and O–H groups in total. The largest absolute Gasteiger partial charge is 0.496 e. The lowest BCUT2D eigenvalue weighted by atomic mass is 9.93. The van der Waals surface area contributed by atoms with Crippen LogP contribution in [0.4, 0.5) is 0 Å². The minimum absolute atomic E-state index is 0.0909. The lowest BCUT2D eigenvalue weighted by molar-refractivity contribution is 0.107. The van der Waals surface area contributed by atoms with Gasteiger partial charge in [-0.1, -0.05) is 13.8 Å². The van der Waals surface area contributed by atoms with Crippen LogP contribution < -0.4 is 19.5 Å². The number of hydrogen-bond donors (Lipinski definition) is 1. The maximum atomic E-state index is 6.00. The lowest BCUT2D eigenvalue weighted by Gasteiger charge is -2.35. The summed E-state index contributed by atoms with van der Waals surface area (Å²) in [6, 6.07) is 5.63. The molecule has 1 aromatic carbocycles. The molecule has 0 aliphatic carbocycles. The van der Waals surface area contributed by atoms with E-state index in [9.17, 15) is 0 Å². The van der Waals surface area contributed by atoms with Crippen LogP contribution in [0, 0.1) is 5.41 Å². The molecule has 1 aliphatic rings. The van der Waals surface area contributed by atoms with Gasteiger partial charge in [0.1, 0.15) is 17.2 Å². The van der Waals surface area contributed by atoms with Gasteiger partial charge >= 0.3 is 0 Å². The van der Waals surface area contributed by atoms with Gasteiger partial charge in [-0.05, 0) is 0 Å². The fraction of sp³-hybridized carbons (Fsp3) is 0.647. The fourth-order valence-electron chi connectivity index (χ4n) is 2.66. The molecule has 1 heterocycles. The van der Waals surface area contributed by atoms with Crippen molar-refractivity contribution in [2.75, 3.05) is 53.6 Å². The van der Waals surface area contributed by atoms with Crippen LogP contribution in [0.3, 0.4) is 0 Å². The number of hydrogen-bond acceptors (Lipinski definition) is 5. The van der Waals surface area contributed by atoms with E-state index in [2.05, 4.69) is 24.1 Å². The molecule has 0 amide bonds. The second-order valence-corrected chi connectivity index (χ2v) is 6.53. The van der Waals surface area contributed by atoms with Gasteiger partial charge < -0.3 is 24.4 Å². The van der Waals surface area contributed by atoms with Crippen LogP contribution in [0.5, 0.6) is 17.2 Å². The van der Waals surface area contributed by atoms with Crippen molar-refractivity contribution in [1.82, 2.24) is 10.2 Å². The molecule has 0 bridgehead atoms. The Morgan fingerprint density at radius 1 is 1.00 bits per heavy atom. The second-order valence-electron chi connectivity index (χ2n) is 6.53. The molecular weight excluding hydrogens is 280 g/mol. The zero-order valence-corrected chi connectivity index (χ0v) is 14.1. The van der Waals surface area contributed by atoms with E-state index in [0.29, 0.717) is 6.61 Å². The van der Waals surface area contributed by atoms with Gasteiger partial charge in [-0.15, -0.1) is 0 Å². The molecule has 0 unspecified atom stereocenters. The van der Waals surface area contributed by atoms with Crippen molar-refractivity contribution in [2.45, 2.75) is 13.8 Å². The number of piperazine rings is 1. The molecule has 0 radical (unpaired) electrons. The zero-order chi connectivity index (χ0) is 16.0. The van der Waals surface area contributed by atoms with Gasteiger partial charge in [-0.3, -0.25) is 0 Å². The van der Waals surface area contributed by atoms with E-state index in [4.69, 9.17) is 14.2 Å². The third kappa shape index (κ3) is 5.07. The summed E-state index contributed by atoms with van der Waals surface area (Å²) in [5.74, 6) is 2.27. The summed E-state index contributed by atoms with van der Waals surface area (Å²) in [7, 11) is 3.29. The van der Waals surface area contributed by atoms with Crippen LogP contribution in [0.1, 0.15) is 13.8 Å². The summed E-state index contributed by atoms with van der Waals surface area (Å²) in [5.41, 5.74) is 0.0909. The third-order valence-corrected chi connectivity index (χ3v) is 3.82. The van der Waals surface area contributed by atoms with Crippen LogP contribution in [-0.2, 0) is 0 Å². The van der Waals surface area contributed by atoms with E-state index in [-0.39, 0.29) is 5.41 Å². The maximum Gasteiger partial charge on any atom is 0.126 e. The Hall–Kier alpha value is -1.46. The van der Waals surface area contributed by atoms with E-state index >= 15 is 0 Å². The highest BCUT2D eigenvalue weighted by molar-refractivity contribution is 5.42. The molecule has 5 heteroatoms. The third-order valence-electron chi connectivity index (χ3n) is 3.82. The predicted molar refractivity (Wildman–Crippen MR) is 88.1 cm³/mol. The number of rotatable bonds is 7. The Kier molecular flexibility index (Phi) is 5.91. The average molecular weight is 308 g/mol. The van der Waals surface area contributed by atoms with Gasteiger partial charge in [-0.25, -0.2) is 0 Å². The summed E-state index contributed by atoms with van der Waals surface area (Å²) in [6.07, 6.45) is 0. The number of ether oxygens (including phenoxy) is 3. The molecule has 1 aliphatic heterocycles. The SMILES string of the molecule is COc1cc(OC)cc(OCC(C)(C)CN2CCNCC2)c1. The molecule has 22 heavy (non-hydrogen) atoms. The van der Waals surface area contributed by atoms with Crippen molar-refractivity contribution >= 4 is 0 Å². The number of benzene rings is 1. The average Bonchev–Trinajstić information content (AvgIpc) is 2.53. The van der Waals surface area contributed by atoms with Crippen LogP contribution in [0.2, 0.25) is 0 Å². The molecule has 2 rings (SSSR count). The van der Waals surface area contributed by atoms with Gasteiger partial charge in [0, 0.05) is 56.3 Å². The van der Waals surface area contributed by atoms with Crippen molar-refractivity contribution in [3.63, 3.8) is 0 Å². The minimum atomic E-state index is 0.0909. The highest BCUT2D eigenvalue weighted by atomic mass is 16.5. The summed E-state index contributed by atoms with van der Waals surface area (Å²) in [6.45, 7) is 10.5. The van der Waals surface area contributed by atoms with E-state index < -0.39 is 0 Å². The zero-order valence-electron chi connectivity index (χ0n) is 14.1. The highest BCUT2D eigenvalue weighted by Gasteiger charge is 2.24. The molecule has 0 atom stereocenters. The molecule has 0 saturated carbocycles. The summed E-state index contributed by atoms with van der Waals surface area (Å²) in [5, 5.41) is 3.38. The van der Waals surface area contributed by atoms with E-state index in [1.807, 2.05) is 18.2 Å². The first-order valence-corrected chi connectivity index (χ1v) is 7.81. The monoisotopic (exact) mass is 308 g/mol. The first-order valence-electron chi connectivity index (χ1n) is 7.81. The number of methoxy groups -OCH3 is 2. The molecule has 1 aromatic rings. The molecule has 0 spiro atoms. The summed E-state index contributed by atoms with van der Waals surface area (Å²) < 4.78 is 16.5. The van der Waals surface area contributed by atoms with Crippen LogP contribution in [-0.4, -0.2) is 58.5 Å². The summed E-state index contributed by atoms with van der Waals surface area (Å²) >= 11 is 0. The molecule has 1 saturated heterocycles. The number of nitrogens with zero attached hydrogens (tertiary/aromatic N) is 1. The number of nitrogens with one attached hydrogen (secondary N) is 1. The Bertz CT molecular complexity index is 449. The molecule has 5 nitrogen and oxygen atoms in total. The van der Waals surface area contributed by atoms with Gasteiger partial charge in [-0.2, -0.15) is 0 Å². The maximum absolute atomic E-state index is 6.00. The molecule has 1 fully saturated rings. The van der Waals surface area contributed by atoms with E-state index in [1.165, 1.54) is 0 Å². The van der Waals surface area contributed by atoms with Gasteiger partial charge in [0.25, 0.3) is 0 Å². The normalized spacial score (nSPS) is 16.4. The van der Waals surface area contributed by atoms with Crippen molar-refractivity contribution < 1.29 is 14.2 Å². The highest BCUT2D eigenvalue weighted by Crippen LogP contribution is 2.29. The van der Waals surface area contributed by atoms with Crippen molar-refractivity contribution in [3.05, 3.63) is 18.2 Å². The first-order chi connectivity index (χ1) is 10.5. The van der Waals surface area contributed by atoms with Gasteiger partial charge in [0.15, 0.2) is 0 Å². The smallest absolute Gasteiger partial charge is 0.126 e. The quantitative estimate of drug-likeness (QED) is 0.835. The van der Waals surface area contributed by atoms with Crippen LogP contribution >= 0.6 is 0 Å². The Labute approximate surface area is 133 Å². The standard InChI is InChI=1S/C17H28N2O3/c1-17(2,12-19-7-5-18-6-8-19)13-22-16-10-14(20-3)9-15(11-16)21-4/h9-11,18H,5-8,12-13H2,1-4H3. The van der Waals surface area contributed by atoms with Crippen LogP contribution in [0.25, 0.3) is 0 Å². The van der Waals surface area contributed by atoms with Crippen molar-refractivity contribution in [1.29, 1.82) is 0 Å². The first kappa shape index (κ1) is 16.9. The Morgan fingerprint density at radius 2 is 1.55 bits per heavy atom. The van der Waals surface area contributed by atoms with E-state index in [1.54, 1.807) is 14.2 Å². The van der Waals surface area contributed by atoms with Gasteiger partial charge in [0.05, 0.1) is 20.8 Å². The second kappa shape index (κ2) is 7.70. The topological polar surface area (TPSA) is 43.0 Å². The minimum Gasteiger partial charge on any atom is -0.496 e. The van der Waals surface area contributed by atoms with E-state index in [0.717, 1.165) is 50.0 Å². The lowest BCUT2D eigenvalue weighted by Crippen LogP contribution is -2.48.